The van der Waals surface area contributed by atoms with E-state index < -0.39 is 6.61 Å². The molecule has 1 aromatic carbocycles. The molecule has 0 spiro atoms. The number of nitrogens with zero attached hydrogens (tertiary/aromatic N) is 1. The zero-order valence-corrected chi connectivity index (χ0v) is 17.5. The standard InChI is InChI=1S/C17H21F2N3OS.HI/c1-11-4-5-14(23-16(18)19)13(8-11)9-21-17(20-3)22-10-15-12(2)6-7-24-15;/h4-8,16H,9-10H2,1-3H3,(H2,20,21,22);1H. The minimum Gasteiger partial charge on any atom is -0.434 e. The van der Waals surface area contributed by atoms with E-state index in [2.05, 4.69) is 33.4 Å². The minimum absolute atomic E-state index is 0. The first-order valence-corrected chi connectivity index (χ1v) is 8.39. The Bertz CT molecular complexity index is 707. The van der Waals surface area contributed by atoms with Gasteiger partial charge in [-0.05, 0) is 36.9 Å². The summed E-state index contributed by atoms with van der Waals surface area (Å²) in [6, 6.07) is 7.19. The molecule has 0 saturated carbocycles. The molecule has 0 saturated heterocycles. The summed E-state index contributed by atoms with van der Waals surface area (Å²) in [7, 11) is 1.67. The molecule has 25 heavy (non-hydrogen) atoms. The maximum absolute atomic E-state index is 12.5. The van der Waals surface area contributed by atoms with Gasteiger partial charge in [0.2, 0.25) is 0 Å². The van der Waals surface area contributed by atoms with Crippen LogP contribution >= 0.6 is 35.3 Å². The molecule has 0 aliphatic rings. The zero-order chi connectivity index (χ0) is 17.5. The molecule has 2 N–H and O–H groups in total. The molecule has 0 aliphatic heterocycles. The summed E-state index contributed by atoms with van der Waals surface area (Å²) in [5, 5.41) is 8.39. The summed E-state index contributed by atoms with van der Waals surface area (Å²) in [5.74, 6) is 0.778. The zero-order valence-electron chi connectivity index (χ0n) is 14.3. The first-order valence-electron chi connectivity index (χ1n) is 7.51. The molecular formula is C17H22F2IN3OS. The predicted octanol–water partition coefficient (Wildman–Crippen LogP) is 4.45. The molecule has 0 bridgehead atoms. The highest BCUT2D eigenvalue weighted by atomic mass is 127. The van der Waals surface area contributed by atoms with Crippen LogP contribution in [0.15, 0.2) is 34.6 Å². The van der Waals surface area contributed by atoms with Crippen molar-refractivity contribution in [2.45, 2.75) is 33.5 Å². The van der Waals surface area contributed by atoms with Gasteiger partial charge in [-0.1, -0.05) is 17.7 Å². The van der Waals surface area contributed by atoms with Crippen LogP contribution in [0.1, 0.15) is 21.6 Å². The first kappa shape index (κ1) is 21.6. The van der Waals surface area contributed by atoms with Crippen molar-refractivity contribution in [3.05, 3.63) is 51.2 Å². The quantitative estimate of drug-likeness (QED) is 0.364. The Kier molecular flexibility index (Phi) is 9.12. The van der Waals surface area contributed by atoms with Gasteiger partial charge >= 0.3 is 6.61 Å². The predicted molar refractivity (Wildman–Crippen MR) is 109 cm³/mol. The van der Waals surface area contributed by atoms with Crippen LogP contribution in [0.3, 0.4) is 0 Å². The number of ether oxygens (including phenoxy) is 1. The maximum atomic E-state index is 12.5. The number of rotatable bonds is 6. The molecule has 2 rings (SSSR count). The van der Waals surface area contributed by atoms with Crippen LogP contribution in [0.2, 0.25) is 0 Å². The van der Waals surface area contributed by atoms with Gasteiger partial charge in [-0.25, -0.2) is 0 Å². The van der Waals surface area contributed by atoms with Crippen LogP contribution in [-0.4, -0.2) is 19.6 Å². The van der Waals surface area contributed by atoms with E-state index >= 15 is 0 Å². The van der Waals surface area contributed by atoms with Gasteiger partial charge < -0.3 is 15.4 Å². The highest BCUT2D eigenvalue weighted by Crippen LogP contribution is 2.22. The van der Waals surface area contributed by atoms with Crippen molar-refractivity contribution in [3.63, 3.8) is 0 Å². The van der Waals surface area contributed by atoms with Gasteiger partial charge in [0.15, 0.2) is 5.96 Å². The van der Waals surface area contributed by atoms with Crippen LogP contribution in [0.4, 0.5) is 8.78 Å². The van der Waals surface area contributed by atoms with Crippen molar-refractivity contribution >= 4 is 41.3 Å². The average molecular weight is 481 g/mol. The van der Waals surface area contributed by atoms with Gasteiger partial charge in [-0.2, -0.15) is 8.78 Å². The average Bonchev–Trinajstić information content (AvgIpc) is 2.94. The van der Waals surface area contributed by atoms with Crippen molar-refractivity contribution in [2.75, 3.05) is 7.05 Å². The third-order valence-corrected chi connectivity index (χ3v) is 4.51. The van der Waals surface area contributed by atoms with E-state index in [0.29, 0.717) is 24.6 Å². The van der Waals surface area contributed by atoms with E-state index in [1.54, 1.807) is 30.5 Å². The maximum Gasteiger partial charge on any atom is 0.387 e. The van der Waals surface area contributed by atoms with Crippen LogP contribution in [0.5, 0.6) is 5.75 Å². The molecule has 0 unspecified atom stereocenters. The number of aliphatic imine (C=N–C) groups is 1. The molecule has 1 heterocycles. The lowest BCUT2D eigenvalue weighted by molar-refractivity contribution is -0.0504. The Hall–Kier alpha value is -1.42. The fourth-order valence-corrected chi connectivity index (χ4v) is 3.05. The lowest BCUT2D eigenvalue weighted by Gasteiger charge is -2.15. The Labute approximate surface area is 167 Å². The van der Waals surface area contributed by atoms with Gasteiger partial charge in [0.05, 0.1) is 6.54 Å². The van der Waals surface area contributed by atoms with Gasteiger partial charge in [-0.3, -0.25) is 4.99 Å². The smallest absolute Gasteiger partial charge is 0.387 e. The molecule has 1 aromatic heterocycles. The summed E-state index contributed by atoms with van der Waals surface area (Å²) in [6.07, 6.45) is 0. The summed E-state index contributed by atoms with van der Waals surface area (Å²) in [4.78, 5) is 5.39. The Balaban J connectivity index is 0.00000312. The topological polar surface area (TPSA) is 45.7 Å². The molecule has 0 fully saturated rings. The molecule has 8 heteroatoms. The van der Waals surface area contributed by atoms with Crippen LogP contribution in [0, 0.1) is 13.8 Å². The summed E-state index contributed by atoms with van der Waals surface area (Å²) >= 11 is 1.68. The van der Waals surface area contributed by atoms with Gasteiger partial charge in [0.25, 0.3) is 0 Å². The van der Waals surface area contributed by atoms with Gasteiger partial charge in [0.1, 0.15) is 5.75 Å². The fraction of sp³-hybridized carbons (Fsp3) is 0.353. The van der Waals surface area contributed by atoms with Crippen molar-refractivity contribution in [1.29, 1.82) is 0 Å². The third-order valence-electron chi connectivity index (χ3n) is 3.49. The number of halogens is 3. The highest BCUT2D eigenvalue weighted by Gasteiger charge is 2.10. The second-order valence-electron chi connectivity index (χ2n) is 5.30. The Morgan fingerprint density at radius 3 is 2.52 bits per heavy atom. The number of thiophene rings is 1. The lowest BCUT2D eigenvalue weighted by atomic mass is 10.1. The fourth-order valence-electron chi connectivity index (χ4n) is 2.21. The number of alkyl halides is 2. The van der Waals surface area contributed by atoms with Crippen LogP contribution in [-0.2, 0) is 13.1 Å². The van der Waals surface area contributed by atoms with Gasteiger partial charge in [-0.15, -0.1) is 35.3 Å². The second kappa shape index (κ2) is 10.5. The molecule has 4 nitrogen and oxygen atoms in total. The Morgan fingerprint density at radius 1 is 1.20 bits per heavy atom. The van der Waals surface area contributed by atoms with Crippen molar-refractivity contribution in [1.82, 2.24) is 10.6 Å². The van der Waals surface area contributed by atoms with E-state index in [9.17, 15) is 8.78 Å². The summed E-state index contributed by atoms with van der Waals surface area (Å²) < 4.78 is 29.6. The van der Waals surface area contributed by atoms with E-state index in [4.69, 9.17) is 0 Å². The Morgan fingerprint density at radius 2 is 1.92 bits per heavy atom. The lowest BCUT2D eigenvalue weighted by Crippen LogP contribution is -2.36. The summed E-state index contributed by atoms with van der Waals surface area (Å²) in [6.45, 7) is 2.13. The molecular weight excluding hydrogens is 459 g/mol. The molecule has 0 atom stereocenters. The summed E-state index contributed by atoms with van der Waals surface area (Å²) in [5.41, 5.74) is 2.87. The number of hydrogen-bond donors (Lipinski definition) is 2. The molecule has 0 amide bonds. The number of aryl methyl sites for hydroxylation is 2. The molecule has 138 valence electrons. The number of benzene rings is 1. The van der Waals surface area contributed by atoms with E-state index in [1.165, 1.54) is 10.4 Å². The van der Waals surface area contributed by atoms with Crippen molar-refractivity contribution in [3.8, 4) is 5.75 Å². The van der Waals surface area contributed by atoms with Crippen molar-refractivity contribution in [2.24, 2.45) is 4.99 Å². The third kappa shape index (κ3) is 6.77. The monoisotopic (exact) mass is 481 g/mol. The highest BCUT2D eigenvalue weighted by molar-refractivity contribution is 14.0. The number of hydrogen-bond acceptors (Lipinski definition) is 3. The largest absolute Gasteiger partial charge is 0.434 e. The molecule has 2 aromatic rings. The normalized spacial score (nSPS) is 11.2. The minimum atomic E-state index is -2.84. The van der Waals surface area contributed by atoms with Gasteiger partial charge in [0, 0.05) is 24.0 Å². The molecule has 0 radical (unpaired) electrons. The first-order chi connectivity index (χ1) is 11.5. The molecule has 0 aliphatic carbocycles. The van der Waals surface area contributed by atoms with E-state index in [0.717, 1.165) is 5.56 Å². The second-order valence-corrected chi connectivity index (χ2v) is 6.30. The van der Waals surface area contributed by atoms with Crippen LogP contribution < -0.4 is 15.4 Å². The van der Waals surface area contributed by atoms with Crippen LogP contribution in [0.25, 0.3) is 0 Å². The van der Waals surface area contributed by atoms with E-state index in [1.807, 2.05) is 18.4 Å². The number of guanidine groups is 1. The van der Waals surface area contributed by atoms with E-state index in [-0.39, 0.29) is 29.7 Å². The van der Waals surface area contributed by atoms with Crippen molar-refractivity contribution < 1.29 is 13.5 Å². The SMILES string of the molecule is CN=C(NCc1cc(C)ccc1OC(F)F)NCc1sccc1C.I. The number of nitrogens with one attached hydrogen (secondary N) is 2.